The molecule has 0 unspecified atom stereocenters. The number of unbranched alkanes of at least 4 members (excludes halogenated alkanes) is 24. The van der Waals surface area contributed by atoms with E-state index in [-0.39, 0.29) is 31.1 Å². The fourth-order valence-corrected chi connectivity index (χ4v) is 6.58. The number of ether oxygens (including phenoxy) is 3. The van der Waals surface area contributed by atoms with Gasteiger partial charge in [0.1, 0.15) is 13.2 Å². The number of rotatable bonds is 39. The molecule has 0 radical (unpaired) electrons. The second kappa shape index (κ2) is 38.1. The molecule has 6 heteroatoms. The van der Waals surface area contributed by atoms with E-state index in [4.69, 9.17) is 14.2 Å². The highest BCUT2D eigenvalue weighted by Crippen LogP contribution is 2.16. The Hall–Kier alpha value is -1.59. The summed E-state index contributed by atoms with van der Waals surface area (Å²) < 4.78 is 16.6. The van der Waals surface area contributed by atoms with Gasteiger partial charge < -0.3 is 14.2 Å². The average Bonchev–Trinajstić information content (AvgIpc) is 3.09. The number of hydrogen-bond acceptors (Lipinski definition) is 6. The van der Waals surface area contributed by atoms with E-state index in [2.05, 4.69) is 34.6 Å². The Balaban J connectivity index is 4.12. The maximum Gasteiger partial charge on any atom is 0.306 e. The lowest BCUT2D eigenvalue weighted by Gasteiger charge is -2.18. The molecule has 0 bridgehead atoms. The molecule has 0 rings (SSSR count). The van der Waals surface area contributed by atoms with Gasteiger partial charge in [0.15, 0.2) is 6.10 Å². The summed E-state index contributed by atoms with van der Waals surface area (Å²) in [4.78, 5) is 37.4. The van der Waals surface area contributed by atoms with Crippen molar-refractivity contribution in [1.82, 2.24) is 0 Å². The van der Waals surface area contributed by atoms with Crippen molar-refractivity contribution in [3.8, 4) is 0 Å². The van der Waals surface area contributed by atoms with Gasteiger partial charge in [0.2, 0.25) is 0 Å². The zero-order chi connectivity index (χ0) is 37.6. The lowest BCUT2D eigenvalue weighted by atomic mass is 10.0. The molecule has 0 aliphatic rings. The SMILES string of the molecule is CCCCCCCC(=O)O[C@H](COC(=O)CCCCCCCCCCCCCCCCC(C)C)COC(=O)CCCCCCCCCCC(C)C. The third-order valence-corrected chi connectivity index (χ3v) is 9.97. The Morgan fingerprint density at radius 1 is 0.373 bits per heavy atom. The van der Waals surface area contributed by atoms with Crippen LogP contribution in [0.1, 0.15) is 240 Å². The van der Waals surface area contributed by atoms with E-state index in [1.807, 2.05) is 0 Å². The first kappa shape index (κ1) is 49.4. The third-order valence-electron chi connectivity index (χ3n) is 9.97. The van der Waals surface area contributed by atoms with Crippen molar-refractivity contribution in [2.75, 3.05) is 13.2 Å². The summed E-state index contributed by atoms with van der Waals surface area (Å²) in [5.74, 6) is 0.767. The molecule has 0 amide bonds. The van der Waals surface area contributed by atoms with Gasteiger partial charge in [0.25, 0.3) is 0 Å². The van der Waals surface area contributed by atoms with E-state index in [0.29, 0.717) is 19.3 Å². The Bertz CT molecular complexity index is 779. The van der Waals surface area contributed by atoms with E-state index in [9.17, 15) is 14.4 Å². The summed E-state index contributed by atoms with van der Waals surface area (Å²) in [5.41, 5.74) is 0. The van der Waals surface area contributed by atoms with Crippen molar-refractivity contribution in [2.24, 2.45) is 11.8 Å². The first-order valence-electron chi connectivity index (χ1n) is 22.2. The van der Waals surface area contributed by atoms with Crippen LogP contribution in [0.3, 0.4) is 0 Å². The lowest BCUT2D eigenvalue weighted by molar-refractivity contribution is -0.167. The maximum absolute atomic E-state index is 12.5. The van der Waals surface area contributed by atoms with Crippen LogP contribution < -0.4 is 0 Å². The minimum atomic E-state index is -0.758. The highest BCUT2D eigenvalue weighted by atomic mass is 16.6. The molecule has 6 nitrogen and oxygen atoms in total. The minimum absolute atomic E-state index is 0.0665. The van der Waals surface area contributed by atoms with Gasteiger partial charge in [-0.2, -0.15) is 0 Å². The fourth-order valence-electron chi connectivity index (χ4n) is 6.58. The predicted molar refractivity (Wildman–Crippen MR) is 215 cm³/mol. The Morgan fingerprint density at radius 3 is 0.961 bits per heavy atom. The van der Waals surface area contributed by atoms with Crippen molar-refractivity contribution >= 4 is 17.9 Å². The minimum Gasteiger partial charge on any atom is -0.462 e. The Kier molecular flexibility index (Phi) is 37.0. The van der Waals surface area contributed by atoms with Crippen LogP contribution in [-0.4, -0.2) is 37.2 Å². The van der Waals surface area contributed by atoms with Crippen LogP contribution in [0.15, 0.2) is 0 Å². The summed E-state index contributed by atoms with van der Waals surface area (Å²) in [5, 5.41) is 0. The number of hydrogen-bond donors (Lipinski definition) is 0. The third kappa shape index (κ3) is 39.5. The van der Waals surface area contributed by atoms with Crippen molar-refractivity contribution in [3.05, 3.63) is 0 Å². The second-order valence-corrected chi connectivity index (χ2v) is 16.3. The van der Waals surface area contributed by atoms with Crippen LogP contribution in [0, 0.1) is 11.8 Å². The first-order valence-corrected chi connectivity index (χ1v) is 22.2. The number of esters is 3. The molecule has 0 aromatic carbocycles. The molecule has 51 heavy (non-hydrogen) atoms. The highest BCUT2D eigenvalue weighted by Gasteiger charge is 2.19. The monoisotopic (exact) mass is 723 g/mol. The number of carbonyl (C=O) groups excluding carboxylic acids is 3. The lowest BCUT2D eigenvalue weighted by Crippen LogP contribution is -2.30. The van der Waals surface area contributed by atoms with Gasteiger partial charge >= 0.3 is 17.9 Å². The zero-order valence-corrected chi connectivity index (χ0v) is 34.7. The van der Waals surface area contributed by atoms with Crippen LogP contribution in [0.5, 0.6) is 0 Å². The van der Waals surface area contributed by atoms with Crippen molar-refractivity contribution in [3.63, 3.8) is 0 Å². The maximum atomic E-state index is 12.5. The molecule has 0 spiro atoms. The van der Waals surface area contributed by atoms with Crippen LogP contribution in [0.4, 0.5) is 0 Å². The fraction of sp³-hybridized carbons (Fsp3) is 0.933. The van der Waals surface area contributed by atoms with Gasteiger partial charge in [-0.3, -0.25) is 14.4 Å². The van der Waals surface area contributed by atoms with Gasteiger partial charge in [-0.1, -0.05) is 202 Å². The summed E-state index contributed by atoms with van der Waals surface area (Å²) in [7, 11) is 0. The van der Waals surface area contributed by atoms with E-state index in [1.54, 1.807) is 0 Å². The van der Waals surface area contributed by atoms with Crippen molar-refractivity contribution in [1.29, 1.82) is 0 Å². The molecule has 0 saturated heterocycles. The van der Waals surface area contributed by atoms with Crippen LogP contribution in [-0.2, 0) is 28.6 Å². The molecule has 0 heterocycles. The summed E-state index contributed by atoms with van der Waals surface area (Å²) >= 11 is 0. The van der Waals surface area contributed by atoms with Gasteiger partial charge in [0, 0.05) is 19.3 Å². The molecule has 0 aliphatic carbocycles. The molecule has 0 aromatic heterocycles. The number of carbonyl (C=O) groups is 3. The normalized spacial score (nSPS) is 12.1. The summed E-state index contributed by atoms with van der Waals surface area (Å²) in [6.45, 7) is 11.2. The van der Waals surface area contributed by atoms with E-state index >= 15 is 0 Å². The summed E-state index contributed by atoms with van der Waals surface area (Å²) in [6, 6.07) is 0. The van der Waals surface area contributed by atoms with Crippen LogP contribution in [0.2, 0.25) is 0 Å². The van der Waals surface area contributed by atoms with Gasteiger partial charge in [-0.05, 0) is 31.1 Å². The van der Waals surface area contributed by atoms with Gasteiger partial charge in [0.05, 0.1) is 0 Å². The topological polar surface area (TPSA) is 78.9 Å². The van der Waals surface area contributed by atoms with Crippen molar-refractivity contribution in [2.45, 2.75) is 246 Å². The average molecular weight is 723 g/mol. The Morgan fingerprint density at radius 2 is 0.647 bits per heavy atom. The van der Waals surface area contributed by atoms with Crippen LogP contribution in [0.25, 0.3) is 0 Å². The van der Waals surface area contributed by atoms with Gasteiger partial charge in [-0.25, -0.2) is 0 Å². The summed E-state index contributed by atoms with van der Waals surface area (Å²) in [6.07, 6.45) is 35.5. The van der Waals surface area contributed by atoms with Gasteiger partial charge in [-0.15, -0.1) is 0 Å². The molecule has 0 aromatic rings. The smallest absolute Gasteiger partial charge is 0.306 e. The molecule has 1 atom stereocenters. The first-order chi connectivity index (χ1) is 24.7. The molecule has 0 aliphatic heterocycles. The quantitative estimate of drug-likeness (QED) is 0.0357. The molecule has 0 fully saturated rings. The molecular weight excluding hydrogens is 636 g/mol. The zero-order valence-electron chi connectivity index (χ0n) is 34.7. The Labute approximate surface area is 317 Å². The molecule has 302 valence electrons. The van der Waals surface area contributed by atoms with E-state index in [0.717, 1.165) is 76.0 Å². The molecule has 0 N–H and O–H groups in total. The highest BCUT2D eigenvalue weighted by molar-refractivity contribution is 5.71. The van der Waals surface area contributed by atoms with Crippen molar-refractivity contribution < 1.29 is 28.6 Å². The standard InChI is InChI=1S/C45H86O6/c1-6-7-8-23-32-37-45(48)51-42(39-50-44(47)36-31-27-22-18-17-20-25-29-34-41(4)5)38-49-43(46)35-30-26-21-16-14-12-10-9-11-13-15-19-24-28-33-40(2)3/h40-42H,6-39H2,1-5H3/t42-/m1/s1. The molecule has 0 saturated carbocycles. The predicted octanol–water partition coefficient (Wildman–Crippen LogP) is 13.8. The van der Waals surface area contributed by atoms with E-state index in [1.165, 1.54) is 122 Å². The second-order valence-electron chi connectivity index (χ2n) is 16.3. The largest absolute Gasteiger partial charge is 0.462 e. The van der Waals surface area contributed by atoms with E-state index < -0.39 is 6.10 Å². The molecular formula is C45H86O6. The van der Waals surface area contributed by atoms with Crippen LogP contribution >= 0.6 is 0 Å².